The zero-order valence-electron chi connectivity index (χ0n) is 18.1. The summed E-state index contributed by atoms with van der Waals surface area (Å²) in [4.78, 5) is 16.4. The molecule has 5 rings (SSSR count). The van der Waals surface area contributed by atoms with Crippen molar-refractivity contribution in [3.63, 3.8) is 0 Å². The standard InChI is InChI=1S/C23H27N3O5S/c1-17(23(27)26-9-8-18-4-2-3-5-20(18)26)24-10-12-25(13-11-24)32(28,29)19-6-7-21-22(16-19)31-15-14-30-21/h2-7,16-17H,8-15H2,1H3/p+1/t17-/m0/s1. The molecule has 8 nitrogen and oxygen atoms in total. The molecule has 2 aromatic rings. The Morgan fingerprint density at radius 2 is 1.72 bits per heavy atom. The van der Waals surface area contributed by atoms with Gasteiger partial charge in [0.2, 0.25) is 10.0 Å². The Morgan fingerprint density at radius 3 is 2.50 bits per heavy atom. The Morgan fingerprint density at radius 1 is 1.00 bits per heavy atom. The van der Waals surface area contributed by atoms with Crippen LogP contribution in [0.1, 0.15) is 12.5 Å². The maximum absolute atomic E-state index is 13.2. The predicted molar refractivity (Wildman–Crippen MR) is 119 cm³/mol. The van der Waals surface area contributed by atoms with Crippen molar-refractivity contribution in [2.75, 3.05) is 50.8 Å². The smallest absolute Gasteiger partial charge is 0.284 e. The SMILES string of the molecule is C[C@@H](C(=O)N1CCc2ccccc21)[NH+]1CCN(S(=O)(=O)c2ccc3c(c2)OCCO3)CC1. The molecule has 1 N–H and O–H groups in total. The van der Waals surface area contributed by atoms with Gasteiger partial charge in [0.15, 0.2) is 17.5 Å². The number of quaternary nitrogens is 1. The molecular formula is C23H28N3O5S+. The number of nitrogens with one attached hydrogen (secondary N) is 1. The van der Waals surface area contributed by atoms with E-state index in [0.29, 0.717) is 57.4 Å². The van der Waals surface area contributed by atoms with Crippen LogP contribution < -0.4 is 19.3 Å². The van der Waals surface area contributed by atoms with E-state index in [0.717, 1.165) is 17.0 Å². The number of hydrogen-bond acceptors (Lipinski definition) is 5. The molecule has 1 fully saturated rings. The van der Waals surface area contributed by atoms with Crippen LogP contribution in [0.3, 0.4) is 0 Å². The fraction of sp³-hybridized carbons (Fsp3) is 0.435. The van der Waals surface area contributed by atoms with Crippen LogP contribution in [0.4, 0.5) is 5.69 Å². The third-order valence-corrected chi connectivity index (χ3v) is 8.55. The second-order valence-electron chi connectivity index (χ2n) is 8.46. The highest BCUT2D eigenvalue weighted by molar-refractivity contribution is 7.89. The fourth-order valence-corrected chi connectivity index (χ4v) is 6.21. The first-order valence-electron chi connectivity index (χ1n) is 11.1. The van der Waals surface area contributed by atoms with Gasteiger partial charge in [-0.3, -0.25) is 4.79 Å². The summed E-state index contributed by atoms with van der Waals surface area (Å²) in [5.41, 5.74) is 2.21. The minimum Gasteiger partial charge on any atom is -0.486 e. The van der Waals surface area contributed by atoms with Crippen molar-refractivity contribution in [2.45, 2.75) is 24.3 Å². The molecule has 3 aliphatic rings. The van der Waals surface area contributed by atoms with E-state index >= 15 is 0 Å². The lowest BCUT2D eigenvalue weighted by Crippen LogP contribution is -3.19. The minimum atomic E-state index is -3.63. The van der Waals surface area contributed by atoms with Crippen LogP contribution in [0.2, 0.25) is 0 Å². The van der Waals surface area contributed by atoms with Gasteiger partial charge in [-0.05, 0) is 37.1 Å². The maximum atomic E-state index is 13.2. The van der Waals surface area contributed by atoms with E-state index in [4.69, 9.17) is 9.47 Å². The number of fused-ring (bicyclic) bond motifs is 2. The Bertz CT molecular complexity index is 1130. The number of piperazine rings is 1. The number of sulfonamides is 1. The normalized spacial score (nSPS) is 20.1. The van der Waals surface area contributed by atoms with E-state index < -0.39 is 10.0 Å². The number of benzene rings is 2. The second kappa shape index (κ2) is 8.38. The minimum absolute atomic E-state index is 0.105. The van der Waals surface area contributed by atoms with Gasteiger partial charge < -0.3 is 19.3 Å². The largest absolute Gasteiger partial charge is 0.486 e. The van der Waals surface area contributed by atoms with Gasteiger partial charge in [-0.25, -0.2) is 8.42 Å². The Balaban J connectivity index is 1.24. The number of carbonyl (C=O) groups is 1. The number of anilines is 1. The summed E-state index contributed by atoms with van der Waals surface area (Å²) in [5.74, 6) is 1.14. The molecule has 32 heavy (non-hydrogen) atoms. The summed E-state index contributed by atoms with van der Waals surface area (Å²) in [6.45, 7) is 5.46. The van der Waals surface area contributed by atoms with Crippen LogP contribution in [0, 0.1) is 0 Å². The number of para-hydroxylation sites is 1. The molecule has 3 heterocycles. The average molecular weight is 459 g/mol. The molecule has 0 saturated carbocycles. The molecular weight excluding hydrogens is 430 g/mol. The third kappa shape index (κ3) is 3.74. The third-order valence-electron chi connectivity index (χ3n) is 6.65. The molecule has 0 unspecified atom stereocenters. The average Bonchev–Trinajstić information content (AvgIpc) is 3.27. The van der Waals surface area contributed by atoms with Crippen LogP contribution in [0.5, 0.6) is 11.5 Å². The van der Waals surface area contributed by atoms with E-state index in [-0.39, 0.29) is 16.8 Å². The predicted octanol–water partition coefficient (Wildman–Crippen LogP) is 0.325. The van der Waals surface area contributed by atoms with Crippen molar-refractivity contribution in [1.82, 2.24) is 4.31 Å². The van der Waals surface area contributed by atoms with Gasteiger partial charge in [0.1, 0.15) is 13.2 Å². The van der Waals surface area contributed by atoms with Crippen molar-refractivity contribution >= 4 is 21.6 Å². The van der Waals surface area contributed by atoms with E-state index in [1.807, 2.05) is 30.0 Å². The molecule has 0 spiro atoms. The number of hydrogen-bond donors (Lipinski definition) is 1. The van der Waals surface area contributed by atoms with Crippen molar-refractivity contribution < 1.29 is 27.6 Å². The molecule has 3 aliphatic heterocycles. The highest BCUT2D eigenvalue weighted by atomic mass is 32.2. The van der Waals surface area contributed by atoms with Gasteiger partial charge in [0.05, 0.1) is 31.1 Å². The molecule has 0 aliphatic carbocycles. The monoisotopic (exact) mass is 458 g/mol. The van der Waals surface area contributed by atoms with E-state index in [9.17, 15) is 13.2 Å². The van der Waals surface area contributed by atoms with Gasteiger partial charge in [0.25, 0.3) is 5.91 Å². The summed E-state index contributed by atoms with van der Waals surface area (Å²) >= 11 is 0. The van der Waals surface area contributed by atoms with E-state index in [2.05, 4.69) is 6.07 Å². The molecule has 0 bridgehead atoms. The Hall–Kier alpha value is -2.62. The molecule has 9 heteroatoms. The number of nitrogens with zero attached hydrogens (tertiary/aromatic N) is 2. The fourth-order valence-electron chi connectivity index (χ4n) is 4.76. The van der Waals surface area contributed by atoms with Crippen molar-refractivity contribution in [1.29, 1.82) is 0 Å². The summed E-state index contributed by atoms with van der Waals surface area (Å²) < 4.78 is 38.9. The lowest BCUT2D eigenvalue weighted by atomic mass is 10.1. The van der Waals surface area contributed by atoms with Gasteiger partial charge in [0, 0.05) is 18.3 Å². The van der Waals surface area contributed by atoms with Gasteiger partial charge >= 0.3 is 0 Å². The molecule has 0 radical (unpaired) electrons. The van der Waals surface area contributed by atoms with Crippen LogP contribution >= 0.6 is 0 Å². The first kappa shape index (κ1) is 21.2. The van der Waals surface area contributed by atoms with Gasteiger partial charge in [-0.1, -0.05) is 18.2 Å². The lowest BCUT2D eigenvalue weighted by molar-refractivity contribution is -0.917. The van der Waals surface area contributed by atoms with Crippen LogP contribution in [0.25, 0.3) is 0 Å². The Labute approximate surface area is 188 Å². The molecule has 170 valence electrons. The molecule has 0 aromatic heterocycles. The van der Waals surface area contributed by atoms with Gasteiger partial charge in [-0.15, -0.1) is 0 Å². The molecule has 1 atom stereocenters. The number of ether oxygens (including phenoxy) is 2. The zero-order chi connectivity index (χ0) is 22.3. The quantitative estimate of drug-likeness (QED) is 0.714. The second-order valence-corrected chi connectivity index (χ2v) is 10.4. The molecule has 2 aromatic carbocycles. The van der Waals surface area contributed by atoms with Gasteiger partial charge in [-0.2, -0.15) is 4.31 Å². The van der Waals surface area contributed by atoms with Crippen LogP contribution in [-0.2, 0) is 21.2 Å². The first-order valence-corrected chi connectivity index (χ1v) is 12.5. The molecule has 1 saturated heterocycles. The van der Waals surface area contributed by atoms with Crippen molar-refractivity contribution in [2.24, 2.45) is 0 Å². The first-order chi connectivity index (χ1) is 15.4. The van der Waals surface area contributed by atoms with Crippen LogP contribution in [0.15, 0.2) is 47.4 Å². The lowest BCUT2D eigenvalue weighted by Gasteiger charge is -2.35. The number of rotatable bonds is 4. The summed E-state index contributed by atoms with van der Waals surface area (Å²) in [5, 5.41) is 0. The highest BCUT2D eigenvalue weighted by Gasteiger charge is 2.37. The van der Waals surface area contributed by atoms with Crippen LogP contribution in [-0.4, -0.2) is 70.6 Å². The van der Waals surface area contributed by atoms with Crippen molar-refractivity contribution in [3.8, 4) is 11.5 Å². The topological polar surface area (TPSA) is 80.6 Å². The summed E-state index contributed by atoms with van der Waals surface area (Å²) in [7, 11) is -3.63. The highest BCUT2D eigenvalue weighted by Crippen LogP contribution is 2.33. The van der Waals surface area contributed by atoms with Crippen molar-refractivity contribution in [3.05, 3.63) is 48.0 Å². The number of carbonyl (C=O) groups excluding carboxylic acids is 1. The summed E-state index contributed by atoms with van der Waals surface area (Å²) in [6, 6.07) is 12.6. The molecule has 1 amide bonds. The maximum Gasteiger partial charge on any atom is 0.284 e. The zero-order valence-corrected chi connectivity index (χ0v) is 18.9. The van der Waals surface area contributed by atoms with E-state index in [1.165, 1.54) is 9.87 Å². The summed E-state index contributed by atoms with van der Waals surface area (Å²) in [6.07, 6.45) is 0.880. The Kier molecular flexibility index (Phi) is 5.56. The number of amides is 1. The van der Waals surface area contributed by atoms with E-state index in [1.54, 1.807) is 18.2 Å².